The minimum atomic E-state index is 0.294. The Bertz CT molecular complexity index is 454. The number of nitrogens with one attached hydrogen (secondary N) is 2. The van der Waals surface area contributed by atoms with Crippen molar-refractivity contribution in [1.82, 2.24) is 4.98 Å². The average molecular weight is 213 g/mol. The molecule has 0 atom stereocenters. The summed E-state index contributed by atoms with van der Waals surface area (Å²) >= 11 is 0. The van der Waals surface area contributed by atoms with Crippen LogP contribution in [-0.2, 0) is 0 Å². The van der Waals surface area contributed by atoms with Gasteiger partial charge in [-0.25, -0.2) is 4.98 Å². The first-order valence-corrected chi connectivity index (χ1v) is 4.47. The lowest BCUT2D eigenvalue weighted by molar-refractivity contribution is 1.21. The van der Waals surface area contributed by atoms with E-state index in [0.717, 1.165) is 6.21 Å². The molecule has 0 spiro atoms. The van der Waals surface area contributed by atoms with Crippen LogP contribution in [0.1, 0.15) is 5.56 Å². The number of nitrogens with zero attached hydrogens (tertiary/aromatic N) is 2. The average Bonchev–Trinajstić information content (AvgIpc) is 2.31. The Kier molecular flexibility index (Phi) is 3.81. The first-order valence-electron chi connectivity index (χ1n) is 4.47. The first-order chi connectivity index (χ1) is 7.71. The van der Waals surface area contributed by atoms with Gasteiger partial charge in [-0.2, -0.15) is 5.26 Å². The third kappa shape index (κ3) is 2.69. The molecule has 4 N–H and O–H groups in total. The highest BCUT2D eigenvalue weighted by molar-refractivity contribution is 5.81. The molecule has 0 radical (unpaired) electrons. The summed E-state index contributed by atoms with van der Waals surface area (Å²) in [6, 6.07) is 5.23. The van der Waals surface area contributed by atoms with E-state index in [9.17, 15) is 0 Å². The highest BCUT2D eigenvalue weighted by Gasteiger charge is 1.99. The van der Waals surface area contributed by atoms with E-state index >= 15 is 0 Å². The van der Waals surface area contributed by atoms with Crippen molar-refractivity contribution < 1.29 is 0 Å². The van der Waals surface area contributed by atoms with Crippen molar-refractivity contribution in [3.63, 3.8) is 0 Å². The number of nitriles is 1. The molecule has 0 unspecified atom stereocenters. The van der Waals surface area contributed by atoms with E-state index in [-0.39, 0.29) is 0 Å². The third-order valence-corrected chi connectivity index (χ3v) is 1.84. The van der Waals surface area contributed by atoms with E-state index in [2.05, 4.69) is 16.9 Å². The van der Waals surface area contributed by atoms with Crippen molar-refractivity contribution >= 4 is 12.0 Å². The molecule has 5 nitrogen and oxygen atoms in total. The zero-order valence-electron chi connectivity index (χ0n) is 8.57. The Morgan fingerprint density at radius 2 is 2.38 bits per heavy atom. The minimum Gasteiger partial charge on any atom is -0.385 e. The zero-order valence-corrected chi connectivity index (χ0v) is 8.57. The van der Waals surface area contributed by atoms with Gasteiger partial charge in [-0.1, -0.05) is 12.7 Å². The molecule has 0 aliphatic carbocycles. The molecule has 5 heteroatoms. The summed E-state index contributed by atoms with van der Waals surface area (Å²) in [7, 11) is 0. The van der Waals surface area contributed by atoms with Gasteiger partial charge in [-0.15, -0.1) is 0 Å². The largest absolute Gasteiger partial charge is 0.385 e. The molecular formula is C11H11N5. The van der Waals surface area contributed by atoms with Crippen molar-refractivity contribution in [2.24, 2.45) is 5.73 Å². The Morgan fingerprint density at radius 1 is 1.62 bits per heavy atom. The van der Waals surface area contributed by atoms with E-state index in [0.29, 0.717) is 22.8 Å². The second-order valence-corrected chi connectivity index (χ2v) is 2.89. The smallest absolute Gasteiger partial charge is 0.131 e. The van der Waals surface area contributed by atoms with Crippen LogP contribution in [0.2, 0.25) is 0 Å². The van der Waals surface area contributed by atoms with Crippen LogP contribution >= 0.6 is 0 Å². The topological polar surface area (TPSA) is 98.6 Å². The quantitative estimate of drug-likeness (QED) is 0.519. The molecule has 1 aromatic rings. The lowest BCUT2D eigenvalue weighted by Gasteiger charge is -2.06. The second kappa shape index (κ2) is 5.32. The summed E-state index contributed by atoms with van der Waals surface area (Å²) in [5.74, 6) is 0.805. The van der Waals surface area contributed by atoms with Gasteiger partial charge in [0.25, 0.3) is 0 Å². The monoisotopic (exact) mass is 213 g/mol. The zero-order chi connectivity index (χ0) is 12.0. The molecular weight excluding hydrogens is 202 g/mol. The molecule has 0 aliphatic rings. The number of nitrogens with two attached hydrogens (primary N) is 1. The number of aromatic nitrogens is 1. The van der Waals surface area contributed by atoms with Crippen LogP contribution in [0.4, 0.5) is 5.82 Å². The predicted octanol–water partition coefficient (Wildman–Crippen LogP) is 1.37. The van der Waals surface area contributed by atoms with E-state index in [1.165, 1.54) is 12.3 Å². The van der Waals surface area contributed by atoms with Gasteiger partial charge < -0.3 is 16.5 Å². The molecule has 1 rings (SSSR count). The van der Waals surface area contributed by atoms with Crippen molar-refractivity contribution in [3.8, 4) is 6.07 Å². The van der Waals surface area contributed by atoms with E-state index in [4.69, 9.17) is 16.4 Å². The van der Waals surface area contributed by atoms with Gasteiger partial charge in [0.05, 0.1) is 5.56 Å². The van der Waals surface area contributed by atoms with Crippen molar-refractivity contribution in [1.29, 1.82) is 10.7 Å². The molecule has 1 heterocycles. The molecule has 0 aromatic carbocycles. The first kappa shape index (κ1) is 11.5. The van der Waals surface area contributed by atoms with Gasteiger partial charge in [0.1, 0.15) is 17.7 Å². The predicted molar refractivity (Wildman–Crippen MR) is 62.8 cm³/mol. The fourth-order valence-corrected chi connectivity index (χ4v) is 0.991. The molecule has 16 heavy (non-hydrogen) atoms. The van der Waals surface area contributed by atoms with E-state index < -0.39 is 0 Å². The standard InChI is InChI=1S/C11H11N5/c1-2-9(6-13)11(14)16-10-4-3-8(5-12)7-15-10/h2-4,6-7,13H,1,14H2,(H,15,16)/b11-9-,13-6?. The number of anilines is 1. The summed E-state index contributed by atoms with van der Waals surface area (Å²) in [4.78, 5) is 3.98. The fourth-order valence-electron chi connectivity index (χ4n) is 0.991. The highest BCUT2D eigenvalue weighted by Crippen LogP contribution is 2.07. The molecule has 1 aromatic heterocycles. The van der Waals surface area contributed by atoms with Crippen LogP contribution < -0.4 is 11.1 Å². The van der Waals surface area contributed by atoms with Gasteiger partial charge in [-0.3, -0.25) is 0 Å². The molecule has 0 fully saturated rings. The van der Waals surface area contributed by atoms with Crippen molar-refractivity contribution in [3.05, 3.63) is 47.9 Å². The Hall–Kier alpha value is -2.61. The van der Waals surface area contributed by atoms with Crippen LogP contribution in [0.3, 0.4) is 0 Å². The van der Waals surface area contributed by atoms with E-state index in [1.807, 2.05) is 6.07 Å². The summed E-state index contributed by atoms with van der Waals surface area (Å²) in [6.07, 6.45) is 4.01. The number of hydrogen-bond acceptors (Lipinski definition) is 5. The van der Waals surface area contributed by atoms with Crippen LogP contribution in [0.15, 0.2) is 42.4 Å². The molecule has 0 aliphatic heterocycles. The number of allylic oxidation sites excluding steroid dienone is 2. The normalized spacial score (nSPS) is 10.9. The van der Waals surface area contributed by atoms with Crippen molar-refractivity contribution in [2.45, 2.75) is 0 Å². The molecule has 0 bridgehead atoms. The molecule has 0 saturated carbocycles. The van der Waals surface area contributed by atoms with Gasteiger partial charge in [0, 0.05) is 18.0 Å². The number of rotatable bonds is 4. The van der Waals surface area contributed by atoms with Gasteiger partial charge >= 0.3 is 0 Å². The molecule has 80 valence electrons. The van der Waals surface area contributed by atoms with Crippen LogP contribution in [0.5, 0.6) is 0 Å². The van der Waals surface area contributed by atoms with Crippen LogP contribution in [-0.4, -0.2) is 11.2 Å². The van der Waals surface area contributed by atoms with Crippen LogP contribution in [0, 0.1) is 16.7 Å². The lowest BCUT2D eigenvalue weighted by Crippen LogP contribution is -2.13. The maximum Gasteiger partial charge on any atom is 0.131 e. The summed E-state index contributed by atoms with van der Waals surface area (Å²) in [5, 5.41) is 18.5. The molecule has 0 amide bonds. The lowest BCUT2D eigenvalue weighted by atomic mass is 10.3. The summed E-state index contributed by atoms with van der Waals surface area (Å²) < 4.78 is 0. The maximum atomic E-state index is 8.59. The van der Waals surface area contributed by atoms with E-state index in [1.54, 1.807) is 12.1 Å². The number of hydrogen-bond donors (Lipinski definition) is 3. The second-order valence-electron chi connectivity index (χ2n) is 2.89. The van der Waals surface area contributed by atoms with Gasteiger partial charge in [0.15, 0.2) is 0 Å². The van der Waals surface area contributed by atoms with Gasteiger partial charge in [0.2, 0.25) is 0 Å². The van der Waals surface area contributed by atoms with Gasteiger partial charge in [-0.05, 0) is 12.1 Å². The maximum absolute atomic E-state index is 8.59. The Balaban J connectivity index is 2.89. The summed E-state index contributed by atoms with van der Waals surface area (Å²) in [5.41, 5.74) is 6.64. The SMILES string of the molecule is C=C/C(C=N)=C(\N)Nc1ccc(C#N)cn1. The van der Waals surface area contributed by atoms with Crippen molar-refractivity contribution in [2.75, 3.05) is 5.32 Å². The number of pyridine rings is 1. The molecule has 0 saturated heterocycles. The summed E-state index contributed by atoms with van der Waals surface area (Å²) in [6.45, 7) is 3.53. The van der Waals surface area contributed by atoms with Crippen LogP contribution in [0.25, 0.3) is 0 Å². The highest BCUT2D eigenvalue weighted by atomic mass is 15.1. The minimum absolute atomic E-state index is 0.294. The third-order valence-electron chi connectivity index (χ3n) is 1.84. The fraction of sp³-hybridized carbons (Fsp3) is 0. The Labute approximate surface area is 93.4 Å². The Morgan fingerprint density at radius 3 is 2.81 bits per heavy atom.